The molecule has 2 N–H and O–H groups in total. The molecule has 2 aliphatic rings. The normalized spacial score (nSPS) is 16.9. The summed E-state index contributed by atoms with van der Waals surface area (Å²) in [5, 5.41) is 20.9. The monoisotopic (exact) mass is 607 g/mol. The Balaban J connectivity index is 1.27. The highest BCUT2D eigenvalue weighted by molar-refractivity contribution is 6.31. The highest BCUT2D eigenvalue weighted by atomic mass is 35.5. The Morgan fingerprint density at radius 3 is 2.74 bits per heavy atom. The van der Waals surface area contributed by atoms with Crippen LogP contribution in [0, 0.1) is 11.6 Å². The summed E-state index contributed by atoms with van der Waals surface area (Å²) in [4.78, 5) is 30.1. The van der Waals surface area contributed by atoms with E-state index >= 15 is 8.78 Å². The van der Waals surface area contributed by atoms with Crippen LogP contribution >= 0.6 is 11.6 Å². The molecule has 1 fully saturated rings. The standard InChI is InChI=1S/C28H24ClF2N9O3/c1-27(2,42)12-43-25-22(30)14(5-8-32-25)17-11-33-24(35-17)19-10-28(6-7-28)26-36-16(9-20(41)40(19)26)21-18(39-13-34-37-38-39)4-3-15(29)23(21)31/h3-5,8-9,11,13,19,42H,6-7,10,12H2,1-2H3,(H,33,35)/t19-/m1/s1. The molecule has 0 saturated heterocycles. The topological polar surface area (TPSA) is 150 Å². The molecule has 0 amide bonds. The first-order valence-corrected chi connectivity index (χ1v) is 13.8. The van der Waals surface area contributed by atoms with Gasteiger partial charge in [0.1, 0.15) is 24.6 Å². The average molecular weight is 608 g/mol. The molecule has 43 heavy (non-hydrogen) atoms. The third-order valence-electron chi connectivity index (χ3n) is 7.72. The Labute approximate surface area is 247 Å². The Hall–Kier alpha value is -4.56. The number of hydrogen-bond donors (Lipinski definition) is 2. The van der Waals surface area contributed by atoms with E-state index < -0.39 is 28.8 Å². The van der Waals surface area contributed by atoms with E-state index in [0.717, 1.165) is 12.8 Å². The van der Waals surface area contributed by atoms with Crippen LogP contribution in [-0.2, 0) is 5.41 Å². The first-order valence-electron chi connectivity index (χ1n) is 13.5. The summed E-state index contributed by atoms with van der Waals surface area (Å²) >= 11 is 6.13. The van der Waals surface area contributed by atoms with Crippen molar-refractivity contribution in [3.8, 4) is 34.1 Å². The van der Waals surface area contributed by atoms with E-state index in [-0.39, 0.29) is 45.4 Å². The van der Waals surface area contributed by atoms with Crippen LogP contribution < -0.4 is 10.3 Å². The lowest BCUT2D eigenvalue weighted by atomic mass is 10.0. The fraction of sp³-hybridized carbons (Fsp3) is 0.321. The van der Waals surface area contributed by atoms with Gasteiger partial charge in [-0.1, -0.05) is 11.6 Å². The number of pyridine rings is 1. The van der Waals surface area contributed by atoms with Gasteiger partial charge < -0.3 is 14.8 Å². The highest BCUT2D eigenvalue weighted by Gasteiger charge is 2.55. The van der Waals surface area contributed by atoms with Crippen molar-refractivity contribution in [3.63, 3.8) is 0 Å². The van der Waals surface area contributed by atoms with E-state index in [1.54, 1.807) is 24.5 Å². The van der Waals surface area contributed by atoms with Crippen molar-refractivity contribution in [2.45, 2.75) is 50.2 Å². The second-order valence-corrected chi connectivity index (χ2v) is 11.9. The van der Waals surface area contributed by atoms with Gasteiger partial charge in [-0.15, -0.1) is 5.10 Å². The number of halogens is 3. The number of ether oxygens (including phenoxy) is 1. The van der Waals surface area contributed by atoms with Crippen molar-refractivity contribution in [3.05, 3.63) is 81.6 Å². The maximum Gasteiger partial charge on any atom is 0.254 e. The maximum atomic E-state index is 15.5. The summed E-state index contributed by atoms with van der Waals surface area (Å²) in [6, 6.07) is 5.19. The lowest BCUT2D eigenvalue weighted by Gasteiger charge is -2.17. The Bertz CT molecular complexity index is 1930. The molecule has 15 heteroatoms. The van der Waals surface area contributed by atoms with Crippen molar-refractivity contribution >= 4 is 11.6 Å². The second kappa shape index (κ2) is 9.74. The number of rotatable bonds is 7. The summed E-state index contributed by atoms with van der Waals surface area (Å²) in [5.41, 5.74) is -1.000. The molecule has 220 valence electrons. The van der Waals surface area contributed by atoms with E-state index in [1.807, 2.05) is 0 Å². The van der Waals surface area contributed by atoms with Crippen LogP contribution in [0.4, 0.5) is 8.78 Å². The summed E-state index contributed by atoms with van der Waals surface area (Å²) in [6.07, 6.45) is 6.34. The minimum absolute atomic E-state index is 0.00982. The zero-order chi connectivity index (χ0) is 30.1. The van der Waals surface area contributed by atoms with E-state index in [2.05, 4.69) is 30.5 Å². The number of aromatic nitrogens is 9. The number of imidazole rings is 1. The molecule has 1 atom stereocenters. The molecule has 0 unspecified atom stereocenters. The van der Waals surface area contributed by atoms with Crippen LogP contribution in [0.5, 0.6) is 5.88 Å². The van der Waals surface area contributed by atoms with Crippen molar-refractivity contribution < 1.29 is 18.6 Å². The van der Waals surface area contributed by atoms with E-state index in [0.29, 0.717) is 23.8 Å². The van der Waals surface area contributed by atoms with Gasteiger partial charge in [-0.3, -0.25) is 9.36 Å². The van der Waals surface area contributed by atoms with Crippen molar-refractivity contribution in [2.24, 2.45) is 0 Å². The number of nitrogens with zero attached hydrogens (tertiary/aromatic N) is 8. The summed E-state index contributed by atoms with van der Waals surface area (Å²) in [7, 11) is 0. The lowest BCUT2D eigenvalue weighted by Crippen LogP contribution is -2.28. The molecule has 1 saturated carbocycles. The molecule has 1 aromatic carbocycles. The van der Waals surface area contributed by atoms with Gasteiger partial charge in [0.05, 0.1) is 45.5 Å². The molecule has 0 radical (unpaired) electrons. The van der Waals surface area contributed by atoms with Crippen LogP contribution in [0.15, 0.2) is 47.8 Å². The number of aromatic amines is 1. The summed E-state index contributed by atoms with van der Waals surface area (Å²) < 4.78 is 39.0. The van der Waals surface area contributed by atoms with Crippen LogP contribution in [0.2, 0.25) is 5.02 Å². The quantitative estimate of drug-likeness (QED) is 0.282. The van der Waals surface area contributed by atoms with Crippen molar-refractivity contribution in [1.29, 1.82) is 0 Å². The fourth-order valence-corrected chi connectivity index (χ4v) is 5.67. The molecule has 5 aromatic rings. The van der Waals surface area contributed by atoms with Crippen LogP contribution in [0.3, 0.4) is 0 Å². The molecule has 1 spiro atoms. The molecule has 12 nitrogen and oxygen atoms in total. The highest BCUT2D eigenvalue weighted by Crippen LogP contribution is 2.58. The third kappa shape index (κ3) is 4.66. The minimum atomic E-state index is -1.17. The number of hydrogen-bond acceptors (Lipinski definition) is 9. The number of fused-ring (bicyclic) bond motifs is 2. The number of H-pyrrole nitrogens is 1. The van der Waals surface area contributed by atoms with Gasteiger partial charge in [0.25, 0.3) is 11.4 Å². The largest absolute Gasteiger partial charge is 0.473 e. The second-order valence-electron chi connectivity index (χ2n) is 11.4. The van der Waals surface area contributed by atoms with Crippen LogP contribution in [-0.4, -0.2) is 62.0 Å². The molecule has 7 rings (SSSR count). The zero-order valence-corrected chi connectivity index (χ0v) is 23.7. The van der Waals surface area contributed by atoms with Gasteiger partial charge in [-0.05, 0) is 61.7 Å². The SMILES string of the molecule is CC(C)(O)COc1nccc(-c2cnc([C@H]3CC4(CC4)c4nc(-c5c(-n6cnnn6)ccc(Cl)c5F)cc(=O)n43)[nH]2)c1F. The van der Waals surface area contributed by atoms with Gasteiger partial charge in [0.15, 0.2) is 11.6 Å². The van der Waals surface area contributed by atoms with Crippen LogP contribution in [0.25, 0.3) is 28.2 Å². The van der Waals surface area contributed by atoms with E-state index in [1.165, 1.54) is 41.6 Å². The molecule has 1 aliphatic carbocycles. The molecule has 4 aromatic heterocycles. The van der Waals surface area contributed by atoms with Crippen molar-refractivity contribution in [1.82, 2.24) is 44.7 Å². The molecular weight excluding hydrogens is 584 g/mol. The maximum absolute atomic E-state index is 15.5. The predicted octanol–water partition coefficient (Wildman–Crippen LogP) is 3.78. The fourth-order valence-electron chi connectivity index (χ4n) is 5.51. The number of nitrogens with one attached hydrogen (secondary N) is 1. The Morgan fingerprint density at radius 2 is 2.02 bits per heavy atom. The van der Waals surface area contributed by atoms with Gasteiger partial charge >= 0.3 is 0 Å². The van der Waals surface area contributed by atoms with E-state index in [4.69, 9.17) is 21.3 Å². The lowest BCUT2D eigenvalue weighted by molar-refractivity contribution is 0.0254. The number of aliphatic hydroxyl groups is 1. The third-order valence-corrected chi connectivity index (χ3v) is 8.01. The number of benzene rings is 1. The first kappa shape index (κ1) is 27.3. The molecule has 1 aliphatic heterocycles. The first-order chi connectivity index (χ1) is 20.5. The molecular formula is C28H24ClF2N9O3. The molecule has 0 bridgehead atoms. The minimum Gasteiger partial charge on any atom is -0.473 e. The number of tetrazole rings is 1. The predicted molar refractivity (Wildman–Crippen MR) is 149 cm³/mol. The van der Waals surface area contributed by atoms with Crippen LogP contribution in [0.1, 0.15) is 50.8 Å². The smallest absolute Gasteiger partial charge is 0.254 e. The van der Waals surface area contributed by atoms with E-state index in [9.17, 15) is 9.90 Å². The van der Waals surface area contributed by atoms with Gasteiger partial charge in [-0.25, -0.2) is 23.7 Å². The summed E-state index contributed by atoms with van der Waals surface area (Å²) in [6.45, 7) is 2.94. The average Bonchev–Trinajstić information content (AvgIpc) is 3.31. The summed E-state index contributed by atoms with van der Waals surface area (Å²) in [5.74, 6) is -0.724. The van der Waals surface area contributed by atoms with Gasteiger partial charge in [0, 0.05) is 23.2 Å². The molecule has 5 heterocycles. The Kier molecular flexibility index (Phi) is 6.18. The van der Waals surface area contributed by atoms with Gasteiger partial charge in [0.2, 0.25) is 0 Å². The Morgan fingerprint density at radius 1 is 1.21 bits per heavy atom. The van der Waals surface area contributed by atoms with Gasteiger partial charge in [-0.2, -0.15) is 4.68 Å². The van der Waals surface area contributed by atoms with Crippen molar-refractivity contribution in [2.75, 3.05) is 6.61 Å². The zero-order valence-electron chi connectivity index (χ0n) is 22.9.